The van der Waals surface area contributed by atoms with Crippen molar-refractivity contribution < 1.29 is 19.0 Å². The van der Waals surface area contributed by atoms with Gasteiger partial charge in [0, 0.05) is 20.1 Å². The molecule has 98 valence electrons. The average molecular weight is 252 g/mol. The molecule has 0 saturated carbocycles. The zero-order valence-electron chi connectivity index (χ0n) is 10.5. The van der Waals surface area contributed by atoms with Gasteiger partial charge < -0.3 is 14.2 Å². The Hall–Kier alpha value is -1.74. The number of allylic oxidation sites excluding steroid dienone is 1. The van der Waals surface area contributed by atoms with E-state index in [0.717, 1.165) is 0 Å². The molecule has 0 spiro atoms. The Morgan fingerprint density at radius 2 is 2.56 bits per heavy atom. The molecular weight excluding hydrogens is 236 g/mol. The minimum atomic E-state index is -0.910. The zero-order chi connectivity index (χ0) is 13.2. The number of hydrogen-bond acceptors (Lipinski definition) is 5. The van der Waals surface area contributed by atoms with E-state index in [1.165, 1.54) is 7.11 Å². The summed E-state index contributed by atoms with van der Waals surface area (Å²) in [7, 11) is 1.53. The molecule has 6 heteroatoms. The van der Waals surface area contributed by atoms with Crippen molar-refractivity contribution in [2.75, 3.05) is 20.3 Å². The van der Waals surface area contributed by atoms with Gasteiger partial charge in [-0.25, -0.2) is 4.79 Å². The van der Waals surface area contributed by atoms with E-state index >= 15 is 0 Å². The molecule has 2 heterocycles. The van der Waals surface area contributed by atoms with E-state index in [4.69, 9.17) is 19.5 Å². The Balaban J connectivity index is 2.21. The van der Waals surface area contributed by atoms with Crippen molar-refractivity contribution in [1.82, 2.24) is 4.90 Å². The smallest absolute Gasteiger partial charge is 0.410 e. The number of ether oxygens (including phenoxy) is 3. The van der Waals surface area contributed by atoms with Crippen molar-refractivity contribution >= 4 is 6.09 Å². The van der Waals surface area contributed by atoms with E-state index in [2.05, 4.69) is 0 Å². The minimum Gasteiger partial charge on any atom is -0.450 e. The maximum atomic E-state index is 11.8. The number of carbonyl (C=O) groups is 1. The molecule has 1 amide bonds. The number of nitriles is 1. The predicted octanol–water partition coefficient (Wildman–Crippen LogP) is 1.39. The van der Waals surface area contributed by atoms with Crippen LogP contribution < -0.4 is 0 Å². The summed E-state index contributed by atoms with van der Waals surface area (Å²) in [6.45, 7) is 2.61. The molecule has 18 heavy (non-hydrogen) atoms. The number of methoxy groups -OCH3 is 1. The van der Waals surface area contributed by atoms with Gasteiger partial charge in [-0.3, -0.25) is 4.90 Å². The molecule has 2 rings (SSSR count). The molecule has 0 aliphatic carbocycles. The van der Waals surface area contributed by atoms with Gasteiger partial charge in [-0.15, -0.1) is 0 Å². The highest BCUT2D eigenvalue weighted by Crippen LogP contribution is 2.40. The summed E-state index contributed by atoms with van der Waals surface area (Å²) < 4.78 is 16.0. The third-order valence-corrected chi connectivity index (χ3v) is 3.35. The summed E-state index contributed by atoms with van der Waals surface area (Å²) >= 11 is 0. The summed E-state index contributed by atoms with van der Waals surface area (Å²) in [5, 5.41) is 8.88. The molecule has 0 bridgehead atoms. The Kier molecular flexibility index (Phi) is 3.43. The van der Waals surface area contributed by atoms with E-state index in [1.54, 1.807) is 17.9 Å². The average Bonchev–Trinajstić information content (AvgIpc) is 2.78. The lowest BCUT2D eigenvalue weighted by Gasteiger charge is -2.38. The Labute approximate surface area is 106 Å². The van der Waals surface area contributed by atoms with Gasteiger partial charge in [0.1, 0.15) is 12.1 Å². The van der Waals surface area contributed by atoms with Crippen LogP contribution in [0.15, 0.2) is 11.8 Å². The number of fused-ring (bicyclic) bond motifs is 1. The third-order valence-electron chi connectivity index (χ3n) is 3.35. The molecule has 0 unspecified atom stereocenters. The van der Waals surface area contributed by atoms with Crippen LogP contribution in [-0.4, -0.2) is 43.1 Å². The van der Waals surface area contributed by atoms with Crippen LogP contribution in [0.3, 0.4) is 0 Å². The number of likely N-dealkylation sites (tertiary alicyclic amines) is 1. The van der Waals surface area contributed by atoms with Gasteiger partial charge in [-0.2, -0.15) is 5.26 Å². The maximum absolute atomic E-state index is 11.8. The van der Waals surface area contributed by atoms with Crippen molar-refractivity contribution in [1.29, 1.82) is 5.26 Å². The standard InChI is InChI=1S/C12H16N2O4/c1-3-17-11(15)14-7-6-12(16-2)10(14)5-4-9(8-13)18-12/h4,10H,3,5-7H2,1-2H3/t10-,12+/m1/s1. The number of hydrogen-bond donors (Lipinski definition) is 0. The molecule has 0 N–H and O–H groups in total. The first-order valence-corrected chi connectivity index (χ1v) is 5.94. The van der Waals surface area contributed by atoms with Gasteiger partial charge in [-0.05, 0) is 19.4 Å². The fourth-order valence-electron chi connectivity index (χ4n) is 2.48. The van der Waals surface area contributed by atoms with Crippen LogP contribution >= 0.6 is 0 Å². The summed E-state index contributed by atoms with van der Waals surface area (Å²) in [4.78, 5) is 13.4. The Morgan fingerprint density at radius 3 is 3.17 bits per heavy atom. The zero-order valence-corrected chi connectivity index (χ0v) is 10.5. The molecule has 0 aromatic rings. The predicted molar refractivity (Wildman–Crippen MR) is 61.3 cm³/mol. The molecule has 2 aliphatic rings. The number of amides is 1. The SMILES string of the molecule is CCOC(=O)N1CC[C@]2(OC)OC(C#N)=CC[C@@H]12. The van der Waals surface area contributed by atoms with Crippen LogP contribution in [0.25, 0.3) is 0 Å². The molecule has 0 radical (unpaired) electrons. The number of rotatable bonds is 2. The van der Waals surface area contributed by atoms with Gasteiger partial charge in [0.2, 0.25) is 5.79 Å². The lowest BCUT2D eigenvalue weighted by Crippen LogP contribution is -2.51. The van der Waals surface area contributed by atoms with Gasteiger partial charge >= 0.3 is 6.09 Å². The molecule has 1 fully saturated rings. The minimum absolute atomic E-state index is 0.237. The molecule has 0 aromatic carbocycles. The van der Waals surface area contributed by atoms with Gasteiger partial charge in [0.05, 0.1) is 6.61 Å². The highest BCUT2D eigenvalue weighted by atomic mass is 16.7. The monoisotopic (exact) mass is 252 g/mol. The molecule has 2 atom stereocenters. The summed E-state index contributed by atoms with van der Waals surface area (Å²) in [5.74, 6) is -0.661. The summed E-state index contributed by atoms with van der Waals surface area (Å²) in [5.41, 5.74) is 0. The van der Waals surface area contributed by atoms with E-state index in [0.29, 0.717) is 26.0 Å². The summed E-state index contributed by atoms with van der Waals surface area (Å²) in [6, 6.07) is 1.73. The van der Waals surface area contributed by atoms with Gasteiger partial charge in [0.15, 0.2) is 5.76 Å². The van der Waals surface area contributed by atoms with Crippen molar-refractivity contribution in [3.63, 3.8) is 0 Å². The number of nitrogens with zero attached hydrogens (tertiary/aromatic N) is 2. The van der Waals surface area contributed by atoms with Crippen molar-refractivity contribution in [3.05, 3.63) is 11.8 Å². The van der Waals surface area contributed by atoms with Crippen LogP contribution in [0.2, 0.25) is 0 Å². The van der Waals surface area contributed by atoms with Crippen molar-refractivity contribution in [2.24, 2.45) is 0 Å². The van der Waals surface area contributed by atoms with Crippen molar-refractivity contribution in [3.8, 4) is 6.07 Å². The molecule has 1 saturated heterocycles. The van der Waals surface area contributed by atoms with Crippen LogP contribution in [-0.2, 0) is 14.2 Å². The highest BCUT2D eigenvalue weighted by Gasteiger charge is 2.54. The first-order chi connectivity index (χ1) is 8.66. The van der Waals surface area contributed by atoms with E-state index in [-0.39, 0.29) is 17.9 Å². The van der Waals surface area contributed by atoms with Crippen LogP contribution in [0.4, 0.5) is 4.79 Å². The first-order valence-electron chi connectivity index (χ1n) is 5.94. The topological polar surface area (TPSA) is 71.8 Å². The van der Waals surface area contributed by atoms with Crippen LogP contribution in [0.1, 0.15) is 19.8 Å². The van der Waals surface area contributed by atoms with E-state index < -0.39 is 5.79 Å². The molecule has 6 nitrogen and oxygen atoms in total. The van der Waals surface area contributed by atoms with Crippen LogP contribution in [0.5, 0.6) is 0 Å². The van der Waals surface area contributed by atoms with Gasteiger partial charge in [0.25, 0.3) is 0 Å². The fourth-order valence-corrected chi connectivity index (χ4v) is 2.48. The lowest BCUT2D eigenvalue weighted by atomic mass is 10.0. The van der Waals surface area contributed by atoms with Gasteiger partial charge in [-0.1, -0.05) is 0 Å². The Morgan fingerprint density at radius 1 is 1.78 bits per heavy atom. The summed E-state index contributed by atoms with van der Waals surface area (Å²) in [6.07, 6.45) is 2.39. The number of carbonyl (C=O) groups excluding carboxylic acids is 1. The second-order valence-corrected chi connectivity index (χ2v) is 4.19. The Bertz CT molecular complexity index is 415. The highest BCUT2D eigenvalue weighted by molar-refractivity contribution is 5.68. The quantitative estimate of drug-likeness (QED) is 0.742. The largest absolute Gasteiger partial charge is 0.450 e. The fraction of sp³-hybridized carbons (Fsp3) is 0.667. The van der Waals surface area contributed by atoms with Crippen molar-refractivity contribution in [2.45, 2.75) is 31.6 Å². The van der Waals surface area contributed by atoms with E-state index in [1.807, 2.05) is 6.07 Å². The molecule has 0 aromatic heterocycles. The van der Waals surface area contributed by atoms with E-state index in [9.17, 15) is 4.79 Å². The maximum Gasteiger partial charge on any atom is 0.410 e. The lowest BCUT2D eigenvalue weighted by molar-refractivity contribution is -0.213. The first kappa shape index (κ1) is 12.7. The third kappa shape index (κ3) is 1.91. The second-order valence-electron chi connectivity index (χ2n) is 4.19. The van der Waals surface area contributed by atoms with Crippen LogP contribution in [0, 0.1) is 11.3 Å². The molecular formula is C12H16N2O4. The second kappa shape index (κ2) is 4.86. The molecule has 2 aliphatic heterocycles. The normalized spacial score (nSPS) is 29.9.